The molecule has 1 saturated carbocycles. The maximum Gasteiger partial charge on any atom is 0.459 e. The number of hydrogen-bond acceptors (Lipinski definition) is 4. The van der Waals surface area contributed by atoms with Gasteiger partial charge < -0.3 is 18.6 Å². The second-order valence-electron chi connectivity index (χ2n) is 9.03. The van der Waals surface area contributed by atoms with Crippen LogP contribution in [0.3, 0.4) is 0 Å². The second kappa shape index (κ2) is 8.57. The van der Waals surface area contributed by atoms with Crippen LogP contribution in [0.15, 0.2) is 0 Å². The van der Waals surface area contributed by atoms with Crippen molar-refractivity contribution in [1.82, 2.24) is 0 Å². The Balaban J connectivity index is 0.000000175. The molecule has 138 valence electrons. The summed E-state index contributed by atoms with van der Waals surface area (Å²) in [5.41, 5.74) is 0.700. The molecule has 0 unspecified atom stereocenters. The third kappa shape index (κ3) is 5.76. The van der Waals surface area contributed by atoms with Gasteiger partial charge in [-0.15, -0.1) is 0 Å². The molecule has 6 heteroatoms. The summed E-state index contributed by atoms with van der Waals surface area (Å²) < 4.78 is 22.6. The van der Waals surface area contributed by atoms with Crippen LogP contribution in [0, 0.1) is 10.8 Å². The largest absolute Gasteiger partial charge is 0.459 e. The minimum atomic E-state index is 0.0185. The summed E-state index contributed by atoms with van der Waals surface area (Å²) in [5.74, 6) is 0.956. The van der Waals surface area contributed by atoms with Crippen LogP contribution >= 0.6 is 0 Å². The lowest BCUT2D eigenvalue weighted by Gasteiger charge is -2.37. The fourth-order valence-electron chi connectivity index (χ4n) is 3.25. The van der Waals surface area contributed by atoms with Crippen molar-refractivity contribution < 1.29 is 18.6 Å². The Labute approximate surface area is 149 Å². The van der Waals surface area contributed by atoms with Crippen molar-refractivity contribution in [2.75, 3.05) is 26.4 Å². The molecule has 1 spiro atoms. The highest BCUT2D eigenvalue weighted by molar-refractivity contribution is 6.46. The summed E-state index contributed by atoms with van der Waals surface area (Å²) in [6.07, 6.45) is 5.00. The van der Waals surface area contributed by atoms with E-state index in [1.807, 2.05) is 0 Å². The SMILES string of the molecule is CC(C)B1OCC2(CC2)CO1.CCCC1(C)COB(C(C)C)OC1. The molecule has 0 radical (unpaired) electrons. The fraction of sp³-hybridized carbons (Fsp3) is 1.00. The monoisotopic (exact) mass is 338 g/mol. The summed E-state index contributed by atoms with van der Waals surface area (Å²) in [6, 6.07) is 0. The lowest BCUT2D eigenvalue weighted by atomic mass is 9.71. The molecule has 0 amide bonds. The van der Waals surface area contributed by atoms with Crippen molar-refractivity contribution >= 4 is 14.2 Å². The molecule has 2 saturated heterocycles. The summed E-state index contributed by atoms with van der Waals surface area (Å²) in [7, 11) is 0.0751. The van der Waals surface area contributed by atoms with Gasteiger partial charge in [0.2, 0.25) is 0 Å². The minimum absolute atomic E-state index is 0.0185. The highest BCUT2D eigenvalue weighted by Crippen LogP contribution is 2.48. The van der Waals surface area contributed by atoms with E-state index in [1.165, 1.54) is 25.7 Å². The zero-order chi connectivity index (χ0) is 17.8. The van der Waals surface area contributed by atoms with Gasteiger partial charge in [-0.3, -0.25) is 0 Å². The Bertz CT molecular complexity index is 367. The van der Waals surface area contributed by atoms with Crippen molar-refractivity contribution in [2.45, 2.75) is 78.9 Å². The predicted molar refractivity (Wildman–Crippen MR) is 100 cm³/mol. The first kappa shape index (κ1) is 20.3. The fourth-order valence-corrected chi connectivity index (χ4v) is 3.25. The molecule has 0 atom stereocenters. The van der Waals surface area contributed by atoms with Gasteiger partial charge in [-0.1, -0.05) is 48.0 Å². The van der Waals surface area contributed by atoms with Crippen molar-refractivity contribution in [3.05, 3.63) is 0 Å². The van der Waals surface area contributed by atoms with Crippen LogP contribution in [0.1, 0.15) is 67.2 Å². The zero-order valence-corrected chi connectivity index (χ0v) is 16.6. The minimum Gasteiger partial charge on any atom is -0.410 e. The first-order valence-electron chi connectivity index (χ1n) is 9.76. The molecule has 0 N–H and O–H groups in total. The molecule has 1 aliphatic carbocycles. The molecule has 0 bridgehead atoms. The molecule has 3 aliphatic rings. The van der Waals surface area contributed by atoms with Gasteiger partial charge in [0.15, 0.2) is 0 Å². The Morgan fingerprint density at radius 1 is 0.792 bits per heavy atom. The van der Waals surface area contributed by atoms with Crippen LogP contribution in [-0.2, 0) is 18.6 Å². The summed E-state index contributed by atoms with van der Waals surface area (Å²) >= 11 is 0. The molecule has 3 rings (SSSR count). The van der Waals surface area contributed by atoms with Crippen LogP contribution in [-0.4, -0.2) is 40.7 Å². The van der Waals surface area contributed by atoms with E-state index in [0.29, 0.717) is 17.0 Å². The first-order chi connectivity index (χ1) is 11.3. The van der Waals surface area contributed by atoms with Gasteiger partial charge in [-0.25, -0.2) is 0 Å². The van der Waals surface area contributed by atoms with Crippen LogP contribution in [0.25, 0.3) is 0 Å². The van der Waals surface area contributed by atoms with Crippen LogP contribution < -0.4 is 0 Å². The standard InChI is InChI=1S/C10H21BO2.C8H15BO2/c1-5-6-10(4)7-12-11(9(2)3)13-8-10;1-7(2)9-10-5-8(3-4-8)6-11-9/h9H,5-8H2,1-4H3;7H,3-6H2,1-2H3. The van der Waals surface area contributed by atoms with Crippen molar-refractivity contribution in [3.63, 3.8) is 0 Å². The quantitative estimate of drug-likeness (QED) is 0.710. The highest BCUT2D eigenvalue weighted by atomic mass is 16.6. The molecular weight excluding hydrogens is 302 g/mol. The van der Waals surface area contributed by atoms with Gasteiger partial charge in [0.05, 0.1) is 0 Å². The maximum absolute atomic E-state index is 5.69. The van der Waals surface area contributed by atoms with E-state index < -0.39 is 0 Å². The second-order valence-corrected chi connectivity index (χ2v) is 9.03. The maximum atomic E-state index is 5.69. The Morgan fingerprint density at radius 2 is 1.21 bits per heavy atom. The van der Waals surface area contributed by atoms with Crippen LogP contribution in [0.5, 0.6) is 0 Å². The highest BCUT2D eigenvalue weighted by Gasteiger charge is 2.48. The van der Waals surface area contributed by atoms with Crippen molar-refractivity contribution in [1.29, 1.82) is 0 Å². The Morgan fingerprint density at radius 3 is 1.54 bits per heavy atom. The summed E-state index contributed by atoms with van der Waals surface area (Å²) in [5, 5.41) is 0. The van der Waals surface area contributed by atoms with Crippen LogP contribution in [0.4, 0.5) is 0 Å². The van der Waals surface area contributed by atoms with Gasteiger partial charge in [0.25, 0.3) is 0 Å². The molecule has 3 fully saturated rings. The van der Waals surface area contributed by atoms with Gasteiger partial charge in [0, 0.05) is 37.3 Å². The molecular formula is C18H36B2O4. The van der Waals surface area contributed by atoms with Crippen molar-refractivity contribution in [3.8, 4) is 0 Å². The van der Waals surface area contributed by atoms with E-state index in [0.717, 1.165) is 26.4 Å². The van der Waals surface area contributed by atoms with E-state index in [1.54, 1.807) is 0 Å². The van der Waals surface area contributed by atoms with E-state index in [4.69, 9.17) is 18.6 Å². The molecule has 2 aliphatic heterocycles. The molecule has 0 aromatic rings. The third-order valence-corrected chi connectivity index (χ3v) is 5.20. The summed E-state index contributed by atoms with van der Waals surface area (Å²) in [4.78, 5) is 0. The van der Waals surface area contributed by atoms with Gasteiger partial charge >= 0.3 is 14.2 Å². The first-order valence-corrected chi connectivity index (χ1v) is 9.76. The van der Waals surface area contributed by atoms with E-state index in [9.17, 15) is 0 Å². The lowest BCUT2D eigenvalue weighted by molar-refractivity contribution is 0.00786. The number of rotatable bonds is 4. The predicted octanol–water partition coefficient (Wildman–Crippen LogP) is 4.45. The molecule has 2 heterocycles. The van der Waals surface area contributed by atoms with Gasteiger partial charge in [-0.05, 0) is 30.9 Å². The normalized spacial score (nSPS) is 25.0. The van der Waals surface area contributed by atoms with Gasteiger partial charge in [-0.2, -0.15) is 0 Å². The smallest absolute Gasteiger partial charge is 0.410 e. The topological polar surface area (TPSA) is 36.9 Å². The zero-order valence-electron chi connectivity index (χ0n) is 16.6. The van der Waals surface area contributed by atoms with Gasteiger partial charge in [0.1, 0.15) is 0 Å². The lowest BCUT2D eigenvalue weighted by Crippen LogP contribution is -2.43. The van der Waals surface area contributed by atoms with E-state index >= 15 is 0 Å². The molecule has 0 aromatic carbocycles. The average Bonchev–Trinajstić information content (AvgIpc) is 3.28. The number of hydrogen-bond donors (Lipinski definition) is 0. The molecule has 4 nitrogen and oxygen atoms in total. The summed E-state index contributed by atoms with van der Waals surface area (Å²) in [6.45, 7) is 16.5. The van der Waals surface area contributed by atoms with Crippen molar-refractivity contribution in [2.24, 2.45) is 10.8 Å². The van der Waals surface area contributed by atoms with E-state index in [-0.39, 0.29) is 19.7 Å². The van der Waals surface area contributed by atoms with E-state index in [2.05, 4.69) is 41.5 Å². The Hall–Kier alpha value is -0.0301. The average molecular weight is 338 g/mol. The third-order valence-electron chi connectivity index (χ3n) is 5.20. The Kier molecular flexibility index (Phi) is 7.24. The van der Waals surface area contributed by atoms with Crippen LogP contribution in [0.2, 0.25) is 11.6 Å². The molecule has 0 aromatic heterocycles. The molecule has 24 heavy (non-hydrogen) atoms.